The van der Waals surface area contributed by atoms with Gasteiger partial charge in [0, 0.05) is 5.92 Å². The molecule has 1 aromatic rings. The first-order valence-corrected chi connectivity index (χ1v) is 11.8. The van der Waals surface area contributed by atoms with Crippen molar-refractivity contribution in [1.29, 1.82) is 0 Å². The van der Waals surface area contributed by atoms with Crippen LogP contribution in [0, 0.1) is 23.2 Å². The Morgan fingerprint density at radius 2 is 2.04 bits per heavy atom. The van der Waals surface area contributed by atoms with Crippen molar-refractivity contribution in [3.05, 3.63) is 28.8 Å². The SMILES string of the molecule is CCc1cc2c(cc1O)CC[C@@H]1[C@@H]2CC[C@]2(C)[C@@H](C[S+](C)[O-])CC[C@@H]12. The van der Waals surface area contributed by atoms with Crippen molar-refractivity contribution in [2.75, 3.05) is 12.0 Å². The maximum Gasteiger partial charge on any atom is 0.119 e. The summed E-state index contributed by atoms with van der Waals surface area (Å²) in [6.07, 6.45) is 10.3. The lowest BCUT2D eigenvalue weighted by Crippen LogP contribution is -2.43. The Morgan fingerprint density at radius 3 is 2.76 bits per heavy atom. The highest BCUT2D eigenvalue weighted by molar-refractivity contribution is 7.90. The largest absolute Gasteiger partial charge is 0.617 e. The molecule has 0 radical (unpaired) electrons. The van der Waals surface area contributed by atoms with Gasteiger partial charge in [-0.25, -0.2) is 0 Å². The monoisotopic (exact) mass is 360 g/mol. The highest BCUT2D eigenvalue weighted by atomic mass is 32.2. The number of phenolic OH excluding ortho intramolecular Hbond substituents is 1. The molecule has 4 rings (SSSR count). The van der Waals surface area contributed by atoms with E-state index in [0.717, 1.165) is 36.0 Å². The molecule has 0 aliphatic heterocycles. The highest BCUT2D eigenvalue weighted by Crippen LogP contribution is 2.63. The first-order valence-electron chi connectivity index (χ1n) is 10.1. The van der Waals surface area contributed by atoms with Gasteiger partial charge < -0.3 is 9.66 Å². The maximum atomic E-state index is 11.9. The van der Waals surface area contributed by atoms with Crippen molar-refractivity contribution in [1.82, 2.24) is 0 Å². The molecule has 3 aliphatic carbocycles. The van der Waals surface area contributed by atoms with Crippen LogP contribution >= 0.6 is 0 Å². The Kier molecular flexibility index (Phi) is 4.60. The molecular formula is C22H32O2S. The van der Waals surface area contributed by atoms with Crippen molar-refractivity contribution in [2.24, 2.45) is 23.2 Å². The molecule has 0 amide bonds. The second kappa shape index (κ2) is 6.49. The lowest BCUT2D eigenvalue weighted by atomic mass is 9.54. The van der Waals surface area contributed by atoms with Gasteiger partial charge in [0.05, 0.1) is 6.26 Å². The number of hydrogen-bond acceptors (Lipinski definition) is 2. The van der Waals surface area contributed by atoms with E-state index in [9.17, 15) is 9.66 Å². The molecule has 1 unspecified atom stereocenters. The van der Waals surface area contributed by atoms with Crippen molar-refractivity contribution < 1.29 is 9.66 Å². The predicted molar refractivity (Wildman–Crippen MR) is 105 cm³/mol. The van der Waals surface area contributed by atoms with Crippen molar-refractivity contribution >= 4 is 11.2 Å². The molecule has 0 heterocycles. The molecular weight excluding hydrogens is 328 g/mol. The summed E-state index contributed by atoms with van der Waals surface area (Å²) in [6, 6.07) is 4.37. The Balaban J connectivity index is 1.64. The van der Waals surface area contributed by atoms with E-state index in [1.165, 1.54) is 43.2 Å². The van der Waals surface area contributed by atoms with Gasteiger partial charge in [0.1, 0.15) is 11.5 Å². The number of aromatic hydroxyl groups is 1. The zero-order chi connectivity index (χ0) is 17.8. The minimum Gasteiger partial charge on any atom is -0.617 e. The number of hydrogen-bond donors (Lipinski definition) is 1. The molecule has 0 spiro atoms. The molecule has 0 saturated heterocycles. The second-order valence-electron chi connectivity index (χ2n) is 9.01. The predicted octanol–water partition coefficient (Wildman–Crippen LogP) is 4.81. The summed E-state index contributed by atoms with van der Waals surface area (Å²) in [5, 5.41) is 10.2. The van der Waals surface area contributed by atoms with E-state index in [1.54, 1.807) is 0 Å². The van der Waals surface area contributed by atoms with E-state index in [2.05, 4.69) is 26.0 Å². The van der Waals surface area contributed by atoms with Crippen LogP contribution in [0.1, 0.15) is 68.6 Å². The molecule has 0 bridgehead atoms. The average Bonchev–Trinajstić information content (AvgIpc) is 2.90. The number of fused-ring (bicyclic) bond motifs is 5. The van der Waals surface area contributed by atoms with Gasteiger partial charge in [-0.1, -0.05) is 31.1 Å². The van der Waals surface area contributed by atoms with Crippen LogP contribution in [0.4, 0.5) is 0 Å². The Hall–Kier alpha value is -0.670. The minimum atomic E-state index is -0.677. The van der Waals surface area contributed by atoms with Gasteiger partial charge >= 0.3 is 0 Å². The zero-order valence-electron chi connectivity index (χ0n) is 15.9. The molecule has 2 nitrogen and oxygen atoms in total. The summed E-state index contributed by atoms with van der Waals surface area (Å²) in [4.78, 5) is 0. The van der Waals surface area contributed by atoms with Crippen LogP contribution in [0.25, 0.3) is 0 Å². The van der Waals surface area contributed by atoms with Gasteiger partial charge in [-0.05, 0) is 90.9 Å². The van der Waals surface area contributed by atoms with Gasteiger partial charge in [-0.2, -0.15) is 0 Å². The zero-order valence-corrected chi connectivity index (χ0v) is 16.7. The second-order valence-corrected chi connectivity index (χ2v) is 10.5. The van der Waals surface area contributed by atoms with Crippen LogP contribution in [0.15, 0.2) is 12.1 Å². The summed E-state index contributed by atoms with van der Waals surface area (Å²) in [5.74, 6) is 4.30. The Bertz CT molecular complexity index is 656. The van der Waals surface area contributed by atoms with E-state index >= 15 is 0 Å². The summed E-state index contributed by atoms with van der Waals surface area (Å²) in [6.45, 7) is 4.63. The van der Waals surface area contributed by atoms with E-state index < -0.39 is 11.2 Å². The topological polar surface area (TPSA) is 43.3 Å². The third-order valence-corrected chi connectivity index (χ3v) is 8.81. The molecule has 1 aromatic carbocycles. The minimum absolute atomic E-state index is 0.398. The third-order valence-electron chi connectivity index (χ3n) is 7.94. The maximum absolute atomic E-state index is 11.9. The van der Waals surface area contributed by atoms with Crippen LogP contribution in [-0.2, 0) is 24.0 Å². The highest BCUT2D eigenvalue weighted by Gasteiger charge is 2.55. The Morgan fingerprint density at radius 1 is 1.24 bits per heavy atom. The first kappa shape index (κ1) is 17.7. The molecule has 3 aliphatic rings. The fourth-order valence-corrected chi connectivity index (χ4v) is 7.72. The van der Waals surface area contributed by atoms with Crippen molar-refractivity contribution in [3.8, 4) is 5.75 Å². The summed E-state index contributed by atoms with van der Waals surface area (Å²) >= 11 is -0.677. The van der Waals surface area contributed by atoms with Gasteiger partial charge in [0.25, 0.3) is 0 Å². The fourth-order valence-electron chi connectivity index (χ4n) is 6.60. The summed E-state index contributed by atoms with van der Waals surface area (Å²) in [7, 11) is 0. The van der Waals surface area contributed by atoms with Gasteiger partial charge in [-0.15, -0.1) is 0 Å². The molecule has 0 aromatic heterocycles. The van der Waals surface area contributed by atoms with E-state index in [0.29, 0.717) is 23.0 Å². The van der Waals surface area contributed by atoms with Gasteiger partial charge in [0.15, 0.2) is 0 Å². The van der Waals surface area contributed by atoms with Crippen molar-refractivity contribution in [2.45, 2.75) is 64.7 Å². The number of aryl methyl sites for hydroxylation is 2. The number of rotatable bonds is 3. The molecule has 3 heteroatoms. The normalized spacial score (nSPS) is 37.9. The fraction of sp³-hybridized carbons (Fsp3) is 0.727. The smallest absolute Gasteiger partial charge is 0.119 e. The quantitative estimate of drug-likeness (QED) is 0.786. The van der Waals surface area contributed by atoms with Gasteiger partial charge in [0.2, 0.25) is 0 Å². The molecule has 25 heavy (non-hydrogen) atoms. The lowest BCUT2D eigenvalue weighted by molar-refractivity contribution is 0.0345. The van der Waals surface area contributed by atoms with Crippen LogP contribution < -0.4 is 0 Å². The first-order chi connectivity index (χ1) is 11.9. The average molecular weight is 361 g/mol. The number of benzene rings is 1. The molecule has 2 saturated carbocycles. The van der Waals surface area contributed by atoms with E-state index in [4.69, 9.17) is 0 Å². The van der Waals surface area contributed by atoms with E-state index in [1.807, 2.05) is 6.26 Å². The molecule has 1 N–H and O–H groups in total. The van der Waals surface area contributed by atoms with Crippen LogP contribution in [-0.4, -0.2) is 21.7 Å². The molecule has 6 atom stereocenters. The van der Waals surface area contributed by atoms with Crippen LogP contribution in [0.3, 0.4) is 0 Å². The lowest BCUT2D eigenvalue weighted by Gasteiger charge is -2.51. The Labute approximate surface area is 155 Å². The molecule has 138 valence electrons. The summed E-state index contributed by atoms with van der Waals surface area (Å²) < 4.78 is 11.9. The standard InChI is InChI=1S/C22H32O2S/c1-4-14-11-19-15(12-21(14)23)5-7-18-17(19)9-10-22(2)16(13-25(3)24)6-8-20(18)22/h11-12,16-18,20,23H,4-10,13H2,1-3H3/t16-,17+,18-,20+,22-,25?/m1/s1. The summed E-state index contributed by atoms with van der Waals surface area (Å²) in [5.41, 5.74) is 4.44. The van der Waals surface area contributed by atoms with Crippen molar-refractivity contribution in [3.63, 3.8) is 0 Å². The van der Waals surface area contributed by atoms with Crippen LogP contribution in [0.2, 0.25) is 0 Å². The van der Waals surface area contributed by atoms with Gasteiger partial charge in [-0.3, -0.25) is 0 Å². The molecule has 2 fully saturated rings. The third kappa shape index (κ3) is 2.82. The van der Waals surface area contributed by atoms with E-state index in [-0.39, 0.29) is 0 Å². The number of phenols is 1. The van der Waals surface area contributed by atoms with Crippen LogP contribution in [0.5, 0.6) is 5.75 Å².